The lowest BCUT2D eigenvalue weighted by molar-refractivity contribution is 0.586. The standard InChI is InChI=1S/C9H10Br2N2O2S2/c1-5-2-7(11)8(3-6(5)10)17(14,15)13-4-9(12)16/h2-3,13H,4H2,1H3,(H2,12,16). The quantitative estimate of drug-likeness (QED) is 0.757. The summed E-state index contributed by atoms with van der Waals surface area (Å²) in [5.74, 6) is 0. The molecule has 94 valence electrons. The molecule has 17 heavy (non-hydrogen) atoms. The van der Waals surface area contributed by atoms with E-state index in [2.05, 4.69) is 48.8 Å². The van der Waals surface area contributed by atoms with Gasteiger partial charge in [0.15, 0.2) is 0 Å². The van der Waals surface area contributed by atoms with E-state index in [1.807, 2.05) is 6.92 Å². The van der Waals surface area contributed by atoms with Gasteiger partial charge in [0.05, 0.1) is 16.4 Å². The monoisotopic (exact) mass is 400 g/mol. The Hall–Kier alpha value is -0.0200. The van der Waals surface area contributed by atoms with Crippen molar-refractivity contribution < 1.29 is 8.42 Å². The van der Waals surface area contributed by atoms with Crippen LogP contribution in [0.2, 0.25) is 0 Å². The summed E-state index contributed by atoms with van der Waals surface area (Å²) in [5.41, 5.74) is 6.19. The molecule has 0 aliphatic carbocycles. The van der Waals surface area contributed by atoms with Crippen LogP contribution in [0.4, 0.5) is 0 Å². The van der Waals surface area contributed by atoms with Crippen molar-refractivity contribution in [3.05, 3.63) is 26.6 Å². The Bertz CT molecular complexity index is 558. The molecule has 1 aromatic rings. The Morgan fingerprint density at radius 2 is 2.00 bits per heavy atom. The van der Waals surface area contributed by atoms with Crippen LogP contribution >= 0.6 is 44.1 Å². The zero-order valence-electron chi connectivity index (χ0n) is 8.83. The number of hydrogen-bond donors (Lipinski definition) is 2. The van der Waals surface area contributed by atoms with Gasteiger partial charge in [-0.1, -0.05) is 28.1 Å². The van der Waals surface area contributed by atoms with Gasteiger partial charge in [-0.25, -0.2) is 13.1 Å². The number of nitrogens with two attached hydrogens (primary N) is 1. The minimum absolute atomic E-state index is 0.0599. The van der Waals surface area contributed by atoms with E-state index in [0.29, 0.717) is 4.47 Å². The summed E-state index contributed by atoms with van der Waals surface area (Å²) in [6.07, 6.45) is 0. The molecule has 0 unspecified atom stereocenters. The van der Waals surface area contributed by atoms with Gasteiger partial charge in [-0.05, 0) is 40.5 Å². The molecule has 0 spiro atoms. The molecule has 0 aromatic heterocycles. The lowest BCUT2D eigenvalue weighted by atomic mass is 10.2. The highest BCUT2D eigenvalue weighted by Gasteiger charge is 2.18. The summed E-state index contributed by atoms with van der Waals surface area (Å²) in [5, 5.41) is 0. The molecule has 0 fully saturated rings. The maximum Gasteiger partial charge on any atom is 0.242 e. The van der Waals surface area contributed by atoms with Gasteiger partial charge < -0.3 is 5.73 Å². The molecule has 1 aromatic carbocycles. The summed E-state index contributed by atoms with van der Waals surface area (Å²) in [4.78, 5) is 0.238. The maximum atomic E-state index is 11.9. The molecule has 0 saturated carbocycles. The molecule has 0 bridgehead atoms. The Morgan fingerprint density at radius 1 is 1.41 bits per heavy atom. The van der Waals surface area contributed by atoms with E-state index in [1.54, 1.807) is 6.07 Å². The smallest absolute Gasteiger partial charge is 0.242 e. The minimum Gasteiger partial charge on any atom is -0.392 e. The predicted molar refractivity (Wildman–Crippen MR) is 78.6 cm³/mol. The van der Waals surface area contributed by atoms with E-state index in [0.717, 1.165) is 10.0 Å². The first kappa shape index (κ1) is 15.0. The number of rotatable bonds is 4. The topological polar surface area (TPSA) is 72.2 Å². The third-order valence-electron chi connectivity index (χ3n) is 1.94. The fourth-order valence-electron chi connectivity index (χ4n) is 1.08. The van der Waals surface area contributed by atoms with Crippen LogP contribution in [-0.2, 0) is 10.0 Å². The average molecular weight is 402 g/mol. The number of benzene rings is 1. The fraction of sp³-hybridized carbons (Fsp3) is 0.222. The third-order valence-corrected chi connectivity index (χ3v) is 5.30. The summed E-state index contributed by atoms with van der Waals surface area (Å²) in [7, 11) is -3.62. The molecule has 0 radical (unpaired) electrons. The van der Waals surface area contributed by atoms with Crippen molar-refractivity contribution in [2.45, 2.75) is 11.8 Å². The molecule has 1 rings (SSSR count). The SMILES string of the molecule is Cc1cc(Br)c(S(=O)(=O)NCC(N)=S)cc1Br. The molecule has 0 aliphatic heterocycles. The van der Waals surface area contributed by atoms with Crippen LogP contribution in [-0.4, -0.2) is 20.0 Å². The fourth-order valence-corrected chi connectivity index (χ4v) is 3.92. The molecular formula is C9H10Br2N2O2S2. The molecule has 3 N–H and O–H groups in total. The number of nitrogens with one attached hydrogen (secondary N) is 1. The van der Waals surface area contributed by atoms with Crippen LogP contribution < -0.4 is 10.5 Å². The third kappa shape index (κ3) is 3.99. The zero-order valence-corrected chi connectivity index (χ0v) is 13.6. The first-order valence-corrected chi connectivity index (χ1v) is 7.95. The van der Waals surface area contributed by atoms with Gasteiger partial charge >= 0.3 is 0 Å². The van der Waals surface area contributed by atoms with Crippen molar-refractivity contribution in [1.82, 2.24) is 4.72 Å². The zero-order chi connectivity index (χ0) is 13.2. The maximum absolute atomic E-state index is 11.9. The number of aryl methyl sites for hydroxylation is 1. The van der Waals surface area contributed by atoms with Crippen molar-refractivity contribution in [3.8, 4) is 0 Å². The van der Waals surface area contributed by atoms with Gasteiger partial charge in [-0.3, -0.25) is 0 Å². The normalized spacial score (nSPS) is 11.5. The van der Waals surface area contributed by atoms with Crippen LogP contribution in [0.15, 0.2) is 26.0 Å². The van der Waals surface area contributed by atoms with Gasteiger partial charge in [0, 0.05) is 8.95 Å². The highest BCUT2D eigenvalue weighted by Crippen LogP contribution is 2.28. The molecular weight excluding hydrogens is 392 g/mol. The molecule has 0 saturated heterocycles. The molecule has 0 amide bonds. The van der Waals surface area contributed by atoms with E-state index in [4.69, 9.17) is 5.73 Å². The van der Waals surface area contributed by atoms with Gasteiger partial charge in [-0.15, -0.1) is 0 Å². The Labute approximate surface area is 122 Å². The second-order valence-electron chi connectivity index (χ2n) is 3.32. The van der Waals surface area contributed by atoms with E-state index in [9.17, 15) is 8.42 Å². The first-order chi connectivity index (χ1) is 7.74. The summed E-state index contributed by atoms with van der Waals surface area (Å²) >= 11 is 11.1. The van der Waals surface area contributed by atoms with E-state index >= 15 is 0 Å². The van der Waals surface area contributed by atoms with E-state index in [-0.39, 0.29) is 16.4 Å². The van der Waals surface area contributed by atoms with Gasteiger partial charge in [0.2, 0.25) is 10.0 Å². The molecule has 0 atom stereocenters. The molecule has 8 heteroatoms. The van der Waals surface area contributed by atoms with Crippen LogP contribution in [0.1, 0.15) is 5.56 Å². The summed E-state index contributed by atoms with van der Waals surface area (Å²) < 4.78 is 27.4. The summed E-state index contributed by atoms with van der Waals surface area (Å²) in [6, 6.07) is 3.25. The highest BCUT2D eigenvalue weighted by atomic mass is 79.9. The molecule has 0 heterocycles. The highest BCUT2D eigenvalue weighted by molar-refractivity contribution is 9.11. The Kier molecular flexibility index (Phi) is 5.08. The lowest BCUT2D eigenvalue weighted by Gasteiger charge is -2.09. The van der Waals surface area contributed by atoms with Crippen LogP contribution in [0.25, 0.3) is 0 Å². The van der Waals surface area contributed by atoms with Crippen molar-refractivity contribution in [1.29, 1.82) is 0 Å². The van der Waals surface area contributed by atoms with E-state index < -0.39 is 10.0 Å². The summed E-state index contributed by atoms with van der Waals surface area (Å²) in [6.45, 7) is 1.81. The average Bonchev–Trinajstić information content (AvgIpc) is 2.20. The second-order valence-corrected chi connectivity index (χ2v) is 7.29. The Balaban J connectivity index is 3.15. The van der Waals surface area contributed by atoms with Crippen molar-refractivity contribution in [2.24, 2.45) is 5.73 Å². The van der Waals surface area contributed by atoms with Gasteiger partial charge in [0.25, 0.3) is 0 Å². The minimum atomic E-state index is -3.62. The van der Waals surface area contributed by atoms with Gasteiger partial charge in [0.1, 0.15) is 0 Å². The number of thiocarbonyl (C=S) groups is 1. The van der Waals surface area contributed by atoms with Crippen molar-refractivity contribution in [2.75, 3.05) is 6.54 Å². The number of hydrogen-bond acceptors (Lipinski definition) is 3. The van der Waals surface area contributed by atoms with Crippen LogP contribution in [0.5, 0.6) is 0 Å². The molecule has 0 aliphatic rings. The van der Waals surface area contributed by atoms with Crippen LogP contribution in [0, 0.1) is 6.92 Å². The second kappa shape index (κ2) is 5.75. The number of halogens is 2. The largest absolute Gasteiger partial charge is 0.392 e. The first-order valence-electron chi connectivity index (χ1n) is 4.47. The van der Waals surface area contributed by atoms with E-state index in [1.165, 1.54) is 6.07 Å². The predicted octanol–water partition coefficient (Wildman–Crippen LogP) is 2.08. The molecule has 4 nitrogen and oxygen atoms in total. The lowest BCUT2D eigenvalue weighted by Crippen LogP contribution is -2.32. The van der Waals surface area contributed by atoms with Crippen molar-refractivity contribution >= 4 is 59.1 Å². The van der Waals surface area contributed by atoms with Crippen molar-refractivity contribution in [3.63, 3.8) is 0 Å². The number of sulfonamides is 1. The van der Waals surface area contributed by atoms with Gasteiger partial charge in [-0.2, -0.15) is 0 Å². The van der Waals surface area contributed by atoms with Crippen LogP contribution in [0.3, 0.4) is 0 Å². The Morgan fingerprint density at radius 3 is 2.53 bits per heavy atom.